The highest BCUT2D eigenvalue weighted by Crippen LogP contribution is 2.20. The van der Waals surface area contributed by atoms with E-state index in [1.54, 1.807) is 0 Å². The maximum Gasteiger partial charge on any atom is 0.226 e. The zero-order chi connectivity index (χ0) is 17.6. The second-order valence-electron chi connectivity index (χ2n) is 6.32. The lowest BCUT2D eigenvalue weighted by atomic mass is 10.1. The van der Waals surface area contributed by atoms with Crippen molar-refractivity contribution in [3.8, 4) is 0 Å². The van der Waals surface area contributed by atoms with Gasteiger partial charge in [0.2, 0.25) is 11.0 Å². The lowest BCUT2D eigenvalue weighted by Gasteiger charge is -2.05. The number of aryl methyl sites for hydroxylation is 1. The number of carbonyl (C=O) groups is 1. The Hall–Kier alpha value is -2.25. The number of benzene rings is 1. The molecule has 0 saturated carbocycles. The number of nitrogens with zero attached hydrogens (tertiary/aromatic N) is 3. The Morgan fingerprint density at radius 2 is 2.08 bits per heavy atom. The molecular formula is C18H23N5OS. The molecule has 0 spiro atoms. The van der Waals surface area contributed by atoms with Gasteiger partial charge in [0, 0.05) is 36.5 Å². The average molecular weight is 357 g/mol. The zero-order valence-corrected chi connectivity index (χ0v) is 15.4. The molecular weight excluding hydrogens is 334 g/mol. The lowest BCUT2D eigenvalue weighted by Crippen LogP contribution is -2.14. The normalized spacial score (nSPS) is 11.3. The molecule has 0 aliphatic carbocycles. The summed E-state index contributed by atoms with van der Waals surface area (Å²) in [5.41, 5.74) is 2.39. The number of nitrogens with one attached hydrogen (secondary N) is 2. The second kappa shape index (κ2) is 8.22. The number of rotatable bonds is 8. The number of fused-ring (bicyclic) bond motifs is 1. The van der Waals surface area contributed by atoms with Gasteiger partial charge < -0.3 is 15.2 Å². The first-order chi connectivity index (χ1) is 12.1. The maximum absolute atomic E-state index is 12.1. The third-order valence-corrected chi connectivity index (χ3v) is 4.91. The van der Waals surface area contributed by atoms with Gasteiger partial charge in [-0.3, -0.25) is 4.79 Å². The largest absolute Gasteiger partial charge is 0.361 e. The number of anilines is 1. The first kappa shape index (κ1) is 17.6. The summed E-state index contributed by atoms with van der Waals surface area (Å²) in [5.74, 6) is -0.00449. The Bertz CT molecular complexity index is 839. The number of carbonyl (C=O) groups excluding carboxylic acids is 1. The average Bonchev–Trinajstić information content (AvgIpc) is 3.20. The Morgan fingerprint density at radius 3 is 2.92 bits per heavy atom. The zero-order valence-electron chi connectivity index (χ0n) is 14.6. The molecule has 132 valence electrons. The second-order valence-corrected chi connectivity index (χ2v) is 7.38. The van der Waals surface area contributed by atoms with Gasteiger partial charge in [-0.05, 0) is 38.6 Å². The Morgan fingerprint density at radius 1 is 1.24 bits per heavy atom. The molecule has 7 heteroatoms. The molecule has 25 heavy (non-hydrogen) atoms. The Kier molecular flexibility index (Phi) is 5.78. The van der Waals surface area contributed by atoms with Gasteiger partial charge >= 0.3 is 0 Å². The van der Waals surface area contributed by atoms with Crippen LogP contribution < -0.4 is 5.32 Å². The van der Waals surface area contributed by atoms with Crippen molar-refractivity contribution in [1.29, 1.82) is 0 Å². The number of aromatic amines is 1. The highest BCUT2D eigenvalue weighted by atomic mass is 32.1. The fourth-order valence-corrected chi connectivity index (χ4v) is 3.43. The molecule has 0 unspecified atom stereocenters. The van der Waals surface area contributed by atoms with Crippen LogP contribution in [0.5, 0.6) is 0 Å². The van der Waals surface area contributed by atoms with Gasteiger partial charge in [0.25, 0.3) is 0 Å². The molecule has 2 N–H and O–H groups in total. The van der Waals surface area contributed by atoms with E-state index in [1.807, 2.05) is 32.4 Å². The van der Waals surface area contributed by atoms with Gasteiger partial charge in [-0.1, -0.05) is 29.5 Å². The molecule has 0 fully saturated rings. The highest BCUT2D eigenvalue weighted by molar-refractivity contribution is 7.15. The number of likely N-dealkylation sites (N-methyl/N-ethyl adjacent to an activating group) is 1. The third-order valence-electron chi connectivity index (χ3n) is 4.01. The summed E-state index contributed by atoms with van der Waals surface area (Å²) < 4.78 is 0. The molecule has 2 aromatic heterocycles. The molecule has 0 bridgehead atoms. The monoisotopic (exact) mass is 357 g/mol. The van der Waals surface area contributed by atoms with Crippen molar-refractivity contribution < 1.29 is 4.79 Å². The summed E-state index contributed by atoms with van der Waals surface area (Å²) in [4.78, 5) is 17.5. The molecule has 3 rings (SSSR count). The van der Waals surface area contributed by atoms with E-state index >= 15 is 0 Å². The summed E-state index contributed by atoms with van der Waals surface area (Å²) in [7, 11) is 4.05. The maximum atomic E-state index is 12.1. The fraction of sp³-hybridized carbons (Fsp3) is 0.389. The van der Waals surface area contributed by atoms with E-state index in [4.69, 9.17) is 0 Å². The predicted octanol–water partition coefficient (Wildman–Crippen LogP) is 3.08. The minimum absolute atomic E-state index is 0.00449. The molecule has 6 nitrogen and oxygen atoms in total. The first-order valence-corrected chi connectivity index (χ1v) is 9.25. The minimum Gasteiger partial charge on any atom is -0.361 e. The van der Waals surface area contributed by atoms with Crippen molar-refractivity contribution in [1.82, 2.24) is 20.1 Å². The number of amides is 1. The molecule has 0 aliphatic heterocycles. The standard InChI is InChI=1S/C18H23N5OS/c1-23(2)11-10-17-21-22-18(25-17)20-16(24)9-5-6-13-12-19-15-8-4-3-7-14(13)15/h3-4,7-8,12,19H,5-6,9-11H2,1-2H3,(H,20,22,24). The van der Waals surface area contributed by atoms with Crippen LogP contribution in [0.25, 0.3) is 10.9 Å². The highest BCUT2D eigenvalue weighted by Gasteiger charge is 2.09. The van der Waals surface area contributed by atoms with Crippen LogP contribution in [-0.2, 0) is 17.6 Å². The molecule has 1 aromatic carbocycles. The smallest absolute Gasteiger partial charge is 0.226 e. The molecule has 3 aromatic rings. The van der Waals surface area contributed by atoms with Crippen molar-refractivity contribution in [2.75, 3.05) is 26.0 Å². The van der Waals surface area contributed by atoms with Gasteiger partial charge in [-0.15, -0.1) is 10.2 Å². The van der Waals surface area contributed by atoms with E-state index in [9.17, 15) is 4.79 Å². The summed E-state index contributed by atoms with van der Waals surface area (Å²) in [6, 6.07) is 8.23. The Labute approximate surface area is 151 Å². The first-order valence-electron chi connectivity index (χ1n) is 8.44. The number of para-hydroxylation sites is 1. The van der Waals surface area contributed by atoms with Gasteiger partial charge in [-0.25, -0.2) is 0 Å². The van der Waals surface area contributed by atoms with Crippen LogP contribution in [0, 0.1) is 0 Å². The topological polar surface area (TPSA) is 73.9 Å². The molecule has 0 saturated heterocycles. The summed E-state index contributed by atoms with van der Waals surface area (Å²) in [6.07, 6.45) is 5.04. The molecule has 0 radical (unpaired) electrons. The van der Waals surface area contributed by atoms with Crippen LogP contribution in [0.3, 0.4) is 0 Å². The molecule has 1 amide bonds. The Balaban J connectivity index is 1.45. The van der Waals surface area contributed by atoms with Gasteiger partial charge in [-0.2, -0.15) is 0 Å². The number of hydrogen-bond donors (Lipinski definition) is 2. The summed E-state index contributed by atoms with van der Waals surface area (Å²) >= 11 is 1.45. The van der Waals surface area contributed by atoms with Crippen LogP contribution in [0.1, 0.15) is 23.4 Å². The molecule has 0 atom stereocenters. The van der Waals surface area contributed by atoms with Gasteiger partial charge in [0.1, 0.15) is 5.01 Å². The number of aromatic nitrogens is 3. The predicted molar refractivity (Wildman–Crippen MR) is 102 cm³/mol. The van der Waals surface area contributed by atoms with E-state index in [-0.39, 0.29) is 5.91 Å². The van der Waals surface area contributed by atoms with E-state index in [1.165, 1.54) is 22.3 Å². The van der Waals surface area contributed by atoms with Crippen LogP contribution in [-0.4, -0.2) is 46.6 Å². The summed E-state index contributed by atoms with van der Waals surface area (Å²) in [5, 5.41) is 13.8. The van der Waals surface area contributed by atoms with Gasteiger partial charge in [0.15, 0.2) is 0 Å². The van der Waals surface area contributed by atoms with E-state index in [0.29, 0.717) is 11.6 Å². The van der Waals surface area contributed by atoms with Crippen molar-refractivity contribution in [2.24, 2.45) is 0 Å². The fourth-order valence-electron chi connectivity index (χ4n) is 2.68. The summed E-state index contributed by atoms with van der Waals surface area (Å²) in [6.45, 7) is 0.924. The number of hydrogen-bond acceptors (Lipinski definition) is 5. The van der Waals surface area contributed by atoms with Crippen molar-refractivity contribution in [3.63, 3.8) is 0 Å². The van der Waals surface area contributed by atoms with E-state index < -0.39 is 0 Å². The molecule has 2 heterocycles. The minimum atomic E-state index is -0.00449. The molecule has 0 aliphatic rings. The van der Waals surface area contributed by atoms with E-state index in [0.717, 1.165) is 36.3 Å². The van der Waals surface area contributed by atoms with E-state index in [2.05, 4.69) is 37.5 Å². The third kappa shape index (κ3) is 4.87. The SMILES string of the molecule is CN(C)CCc1nnc(NC(=O)CCCc2c[nH]c3ccccc23)s1. The van der Waals surface area contributed by atoms with Gasteiger partial charge in [0.05, 0.1) is 0 Å². The van der Waals surface area contributed by atoms with Crippen LogP contribution >= 0.6 is 11.3 Å². The number of H-pyrrole nitrogens is 1. The van der Waals surface area contributed by atoms with Crippen LogP contribution in [0.15, 0.2) is 30.5 Å². The van der Waals surface area contributed by atoms with Crippen molar-refractivity contribution in [2.45, 2.75) is 25.7 Å². The van der Waals surface area contributed by atoms with Crippen LogP contribution in [0.2, 0.25) is 0 Å². The lowest BCUT2D eigenvalue weighted by molar-refractivity contribution is -0.116. The van der Waals surface area contributed by atoms with Crippen molar-refractivity contribution in [3.05, 3.63) is 41.0 Å². The van der Waals surface area contributed by atoms with Crippen molar-refractivity contribution >= 4 is 33.3 Å². The van der Waals surface area contributed by atoms with Crippen LogP contribution in [0.4, 0.5) is 5.13 Å². The quantitative estimate of drug-likeness (QED) is 0.650.